The minimum absolute atomic E-state index is 0.735. The van der Waals surface area contributed by atoms with Crippen LogP contribution < -0.4 is 5.73 Å². The third-order valence-electron chi connectivity index (χ3n) is 2.55. The maximum atomic E-state index is 5.72. The molecule has 3 rings (SSSR count). The zero-order valence-electron chi connectivity index (χ0n) is 8.59. The van der Waals surface area contributed by atoms with Crippen molar-refractivity contribution < 1.29 is 0 Å². The van der Waals surface area contributed by atoms with Crippen LogP contribution in [0.5, 0.6) is 0 Å². The molecule has 0 aliphatic rings. The fourth-order valence-corrected chi connectivity index (χ4v) is 1.77. The summed E-state index contributed by atoms with van der Waals surface area (Å²) >= 11 is 0. The predicted octanol–water partition coefficient (Wildman–Crippen LogP) is 2.41. The number of hydrogen-bond acceptors (Lipinski definition) is 2. The number of nitrogens with zero attached hydrogens (tertiary/aromatic N) is 2. The highest BCUT2D eigenvalue weighted by molar-refractivity contribution is 5.80. The van der Waals surface area contributed by atoms with Crippen LogP contribution >= 0.6 is 0 Å². The van der Waals surface area contributed by atoms with Gasteiger partial charge in [-0.05, 0) is 36.4 Å². The number of aromatic nitrogens is 2. The van der Waals surface area contributed by atoms with Crippen LogP contribution in [0.4, 0.5) is 5.69 Å². The first-order valence-corrected chi connectivity index (χ1v) is 5.04. The second-order valence-corrected chi connectivity index (χ2v) is 3.62. The summed E-state index contributed by atoms with van der Waals surface area (Å²) in [5.41, 5.74) is 9.49. The Morgan fingerprint density at radius 2 is 1.94 bits per heavy atom. The highest BCUT2D eigenvalue weighted by Crippen LogP contribution is 2.19. The molecule has 0 aliphatic carbocycles. The Hall–Kier alpha value is -2.29. The summed E-state index contributed by atoms with van der Waals surface area (Å²) in [6.07, 6.45) is 1.80. The van der Waals surface area contributed by atoms with E-state index < -0.39 is 0 Å². The predicted molar refractivity (Wildman–Crippen MR) is 64.3 cm³/mol. The molecule has 0 spiro atoms. The third kappa shape index (κ3) is 1.34. The molecule has 0 amide bonds. The van der Waals surface area contributed by atoms with E-state index >= 15 is 0 Å². The van der Waals surface area contributed by atoms with Crippen LogP contribution in [0.15, 0.2) is 48.8 Å². The van der Waals surface area contributed by atoms with E-state index in [4.69, 9.17) is 5.73 Å². The van der Waals surface area contributed by atoms with E-state index in [0.29, 0.717) is 0 Å². The summed E-state index contributed by atoms with van der Waals surface area (Å²) < 4.78 is 2.03. The average Bonchev–Trinajstić information content (AvgIpc) is 2.73. The summed E-state index contributed by atoms with van der Waals surface area (Å²) in [5, 5.41) is 0. The summed E-state index contributed by atoms with van der Waals surface area (Å²) in [6.45, 7) is 0. The van der Waals surface area contributed by atoms with E-state index in [1.54, 1.807) is 6.33 Å². The topological polar surface area (TPSA) is 43.8 Å². The highest BCUT2D eigenvalue weighted by Gasteiger charge is 2.03. The molecule has 0 saturated carbocycles. The molecule has 0 fully saturated rings. The van der Waals surface area contributed by atoms with Crippen LogP contribution in [0.3, 0.4) is 0 Å². The van der Waals surface area contributed by atoms with Crippen LogP contribution in [-0.4, -0.2) is 9.55 Å². The van der Waals surface area contributed by atoms with Crippen molar-refractivity contribution in [3.05, 3.63) is 54.9 Å². The van der Waals surface area contributed by atoms with E-state index in [2.05, 4.69) is 11.1 Å². The van der Waals surface area contributed by atoms with Gasteiger partial charge in [0, 0.05) is 11.4 Å². The molecule has 1 heterocycles. The summed E-state index contributed by atoms with van der Waals surface area (Å²) in [6, 6.07) is 16.5. The molecule has 77 valence electrons. The average molecular weight is 208 g/mol. The number of fused-ring (bicyclic) bond motifs is 1. The van der Waals surface area contributed by atoms with Crippen molar-refractivity contribution in [1.82, 2.24) is 9.55 Å². The number of benzene rings is 2. The van der Waals surface area contributed by atoms with Crippen LogP contribution in [0.25, 0.3) is 16.7 Å². The fraction of sp³-hybridized carbons (Fsp3) is 0. The number of rotatable bonds is 1. The molecular formula is C13H10N3. The molecule has 3 aromatic rings. The van der Waals surface area contributed by atoms with Gasteiger partial charge in [-0.3, -0.25) is 4.57 Å². The molecule has 0 saturated heterocycles. The van der Waals surface area contributed by atoms with Crippen molar-refractivity contribution in [2.75, 3.05) is 5.73 Å². The fourth-order valence-electron chi connectivity index (χ4n) is 1.77. The Balaban J connectivity index is 2.26. The lowest BCUT2D eigenvalue weighted by Crippen LogP contribution is -1.91. The van der Waals surface area contributed by atoms with Crippen molar-refractivity contribution in [1.29, 1.82) is 0 Å². The van der Waals surface area contributed by atoms with Crippen molar-refractivity contribution in [3.8, 4) is 5.69 Å². The molecule has 3 nitrogen and oxygen atoms in total. The molecule has 3 heteroatoms. The molecule has 16 heavy (non-hydrogen) atoms. The van der Waals surface area contributed by atoms with Gasteiger partial charge < -0.3 is 5.73 Å². The van der Waals surface area contributed by atoms with Gasteiger partial charge in [-0.1, -0.05) is 12.1 Å². The minimum atomic E-state index is 0.735. The molecule has 1 aromatic heterocycles. The number of hydrogen-bond donors (Lipinski definition) is 1. The number of imidazole rings is 1. The van der Waals surface area contributed by atoms with Gasteiger partial charge in [0.25, 0.3) is 0 Å². The Morgan fingerprint density at radius 1 is 1.12 bits per heavy atom. The van der Waals surface area contributed by atoms with Crippen LogP contribution in [-0.2, 0) is 0 Å². The Bertz CT molecular complexity index is 626. The van der Waals surface area contributed by atoms with E-state index in [-0.39, 0.29) is 0 Å². The quantitative estimate of drug-likeness (QED) is 0.624. The van der Waals surface area contributed by atoms with E-state index in [1.807, 2.05) is 47.0 Å². The highest BCUT2D eigenvalue weighted by atomic mass is 15.0. The van der Waals surface area contributed by atoms with Crippen LogP contribution in [0.2, 0.25) is 0 Å². The molecular weight excluding hydrogens is 198 g/mol. The zero-order chi connectivity index (χ0) is 11.0. The van der Waals surface area contributed by atoms with Gasteiger partial charge in [0.1, 0.15) is 6.33 Å². The SMILES string of the molecule is Nc1ccc2c(c1)ncn2-c1cc[c]cc1. The Labute approximate surface area is 93.1 Å². The number of nitrogen functional groups attached to an aromatic ring is 1. The molecule has 0 bridgehead atoms. The van der Waals surface area contributed by atoms with Crippen molar-refractivity contribution in [2.24, 2.45) is 0 Å². The van der Waals surface area contributed by atoms with E-state index in [0.717, 1.165) is 22.4 Å². The standard InChI is InChI=1S/C13H10N3/c14-10-6-7-13-12(8-10)15-9-16(13)11-4-2-1-3-5-11/h2-9H,14H2. The van der Waals surface area contributed by atoms with Crippen molar-refractivity contribution >= 4 is 16.7 Å². The molecule has 2 N–H and O–H groups in total. The first-order valence-electron chi connectivity index (χ1n) is 5.04. The first kappa shape index (κ1) is 8.97. The Kier molecular flexibility index (Phi) is 1.90. The summed E-state index contributed by atoms with van der Waals surface area (Å²) in [5.74, 6) is 0. The summed E-state index contributed by atoms with van der Waals surface area (Å²) in [7, 11) is 0. The van der Waals surface area contributed by atoms with Crippen LogP contribution in [0.1, 0.15) is 0 Å². The van der Waals surface area contributed by atoms with E-state index in [1.165, 1.54) is 0 Å². The first-order chi connectivity index (χ1) is 7.84. The lowest BCUT2D eigenvalue weighted by Gasteiger charge is -2.03. The second kappa shape index (κ2) is 3.38. The van der Waals surface area contributed by atoms with Gasteiger partial charge in [0.2, 0.25) is 0 Å². The van der Waals surface area contributed by atoms with Crippen LogP contribution in [0, 0.1) is 6.07 Å². The van der Waals surface area contributed by atoms with Gasteiger partial charge in [0.15, 0.2) is 0 Å². The maximum absolute atomic E-state index is 5.72. The maximum Gasteiger partial charge on any atom is 0.100 e. The zero-order valence-corrected chi connectivity index (χ0v) is 8.59. The Morgan fingerprint density at radius 3 is 2.75 bits per heavy atom. The lowest BCUT2D eigenvalue weighted by molar-refractivity contribution is 1.09. The number of nitrogens with two attached hydrogens (primary N) is 1. The van der Waals surface area contributed by atoms with Crippen molar-refractivity contribution in [2.45, 2.75) is 0 Å². The number of anilines is 1. The normalized spacial score (nSPS) is 10.8. The second-order valence-electron chi connectivity index (χ2n) is 3.62. The van der Waals surface area contributed by atoms with Gasteiger partial charge in [-0.25, -0.2) is 4.98 Å². The van der Waals surface area contributed by atoms with Gasteiger partial charge in [0.05, 0.1) is 11.0 Å². The molecule has 0 aliphatic heterocycles. The molecule has 2 aromatic carbocycles. The summed E-state index contributed by atoms with van der Waals surface area (Å²) in [4.78, 5) is 4.33. The van der Waals surface area contributed by atoms with E-state index in [9.17, 15) is 0 Å². The van der Waals surface area contributed by atoms with Gasteiger partial charge in [-0.2, -0.15) is 0 Å². The third-order valence-corrected chi connectivity index (χ3v) is 2.55. The molecule has 0 unspecified atom stereocenters. The monoisotopic (exact) mass is 208 g/mol. The smallest absolute Gasteiger partial charge is 0.100 e. The van der Waals surface area contributed by atoms with Gasteiger partial charge >= 0.3 is 0 Å². The molecule has 0 atom stereocenters. The largest absolute Gasteiger partial charge is 0.399 e. The minimum Gasteiger partial charge on any atom is -0.399 e. The lowest BCUT2D eigenvalue weighted by atomic mass is 10.2. The van der Waals surface area contributed by atoms with Gasteiger partial charge in [-0.15, -0.1) is 0 Å². The van der Waals surface area contributed by atoms with Crippen molar-refractivity contribution in [3.63, 3.8) is 0 Å². The molecule has 1 radical (unpaired) electrons.